The van der Waals surface area contributed by atoms with Crippen LogP contribution >= 0.6 is 11.3 Å². The molecule has 0 saturated carbocycles. The third-order valence-corrected chi connectivity index (χ3v) is 4.43. The summed E-state index contributed by atoms with van der Waals surface area (Å²) < 4.78 is 18.6. The number of hydrogen-bond acceptors (Lipinski definition) is 5. The number of rotatable bonds is 4. The molecule has 4 nitrogen and oxygen atoms in total. The molecule has 21 heavy (non-hydrogen) atoms. The number of aliphatic hydroxyl groups is 1. The lowest BCUT2D eigenvalue weighted by molar-refractivity contribution is -0.0424. The molecule has 0 spiro atoms. The fraction of sp³-hybridized carbons (Fsp3) is 0.400. The SMILES string of the molecule is O[C@H](CN1CCO[C@@H](c2nccs2)C1)c1ccc(F)cc1. The summed E-state index contributed by atoms with van der Waals surface area (Å²) in [5, 5.41) is 13.2. The summed E-state index contributed by atoms with van der Waals surface area (Å²) in [6.45, 7) is 2.63. The Morgan fingerprint density at radius 2 is 2.24 bits per heavy atom. The van der Waals surface area contributed by atoms with Crippen molar-refractivity contribution >= 4 is 11.3 Å². The molecule has 2 atom stereocenters. The lowest BCUT2D eigenvalue weighted by atomic mass is 10.1. The van der Waals surface area contributed by atoms with Gasteiger partial charge >= 0.3 is 0 Å². The Morgan fingerprint density at radius 3 is 2.95 bits per heavy atom. The van der Waals surface area contributed by atoms with E-state index in [-0.39, 0.29) is 11.9 Å². The van der Waals surface area contributed by atoms with E-state index in [9.17, 15) is 9.50 Å². The number of benzene rings is 1. The summed E-state index contributed by atoms with van der Waals surface area (Å²) in [7, 11) is 0. The second-order valence-electron chi connectivity index (χ2n) is 5.06. The Kier molecular flexibility index (Phi) is 4.60. The predicted molar refractivity (Wildman–Crippen MR) is 78.6 cm³/mol. The molecule has 0 bridgehead atoms. The number of aromatic nitrogens is 1. The molecule has 2 aromatic rings. The molecule has 1 saturated heterocycles. The van der Waals surface area contributed by atoms with Crippen LogP contribution in [0.2, 0.25) is 0 Å². The summed E-state index contributed by atoms with van der Waals surface area (Å²) >= 11 is 1.58. The van der Waals surface area contributed by atoms with Crippen LogP contribution in [0.15, 0.2) is 35.8 Å². The fourth-order valence-corrected chi connectivity index (χ4v) is 3.12. The van der Waals surface area contributed by atoms with Gasteiger partial charge in [-0.2, -0.15) is 0 Å². The number of thiazole rings is 1. The molecule has 1 aliphatic heterocycles. The molecule has 0 amide bonds. The molecule has 0 aliphatic carbocycles. The van der Waals surface area contributed by atoms with Crippen LogP contribution in [0.5, 0.6) is 0 Å². The van der Waals surface area contributed by atoms with Crippen molar-refractivity contribution in [3.05, 3.63) is 52.2 Å². The van der Waals surface area contributed by atoms with E-state index < -0.39 is 6.10 Å². The maximum Gasteiger partial charge on any atom is 0.123 e. The quantitative estimate of drug-likeness (QED) is 0.942. The lowest BCUT2D eigenvalue weighted by Gasteiger charge is -2.33. The van der Waals surface area contributed by atoms with E-state index >= 15 is 0 Å². The Labute approximate surface area is 126 Å². The number of nitrogens with zero attached hydrogens (tertiary/aromatic N) is 2. The summed E-state index contributed by atoms with van der Waals surface area (Å²) in [5.74, 6) is -0.291. The summed E-state index contributed by atoms with van der Waals surface area (Å²) in [6.07, 6.45) is 1.12. The first-order chi connectivity index (χ1) is 10.2. The number of ether oxygens (including phenoxy) is 1. The maximum atomic E-state index is 12.9. The highest BCUT2D eigenvalue weighted by Gasteiger charge is 2.25. The first-order valence-electron chi connectivity index (χ1n) is 6.89. The molecule has 0 radical (unpaired) electrons. The van der Waals surface area contributed by atoms with Gasteiger partial charge in [-0.15, -0.1) is 11.3 Å². The zero-order valence-electron chi connectivity index (χ0n) is 11.5. The normalized spacial score (nSPS) is 21.3. The average Bonchev–Trinajstić information content (AvgIpc) is 3.02. The predicted octanol–water partition coefficient (Wildman–Crippen LogP) is 2.39. The van der Waals surface area contributed by atoms with Crippen LogP contribution in [0.25, 0.3) is 0 Å². The van der Waals surface area contributed by atoms with Crippen molar-refractivity contribution in [2.45, 2.75) is 12.2 Å². The van der Waals surface area contributed by atoms with Crippen LogP contribution in [0, 0.1) is 5.82 Å². The van der Waals surface area contributed by atoms with Crippen LogP contribution in [0.4, 0.5) is 4.39 Å². The van der Waals surface area contributed by atoms with Gasteiger partial charge in [0.2, 0.25) is 0 Å². The van der Waals surface area contributed by atoms with Gasteiger partial charge in [-0.05, 0) is 17.7 Å². The minimum Gasteiger partial charge on any atom is -0.387 e. The van der Waals surface area contributed by atoms with Crippen molar-refractivity contribution in [2.24, 2.45) is 0 Å². The molecule has 1 fully saturated rings. The molecule has 1 aliphatic rings. The molecule has 0 unspecified atom stereocenters. The number of morpholine rings is 1. The van der Waals surface area contributed by atoms with Gasteiger partial charge in [0.1, 0.15) is 16.9 Å². The van der Waals surface area contributed by atoms with Crippen molar-refractivity contribution in [1.82, 2.24) is 9.88 Å². The third-order valence-electron chi connectivity index (χ3n) is 3.56. The van der Waals surface area contributed by atoms with E-state index in [1.807, 2.05) is 5.38 Å². The Bertz CT molecular complexity index is 562. The molecule has 1 aromatic carbocycles. The molecular weight excluding hydrogens is 291 g/mol. The second-order valence-corrected chi connectivity index (χ2v) is 5.98. The van der Waals surface area contributed by atoms with Gasteiger partial charge in [-0.25, -0.2) is 9.37 Å². The summed E-state index contributed by atoms with van der Waals surface area (Å²) in [6, 6.07) is 5.99. The van der Waals surface area contributed by atoms with Crippen LogP contribution in [0.3, 0.4) is 0 Å². The van der Waals surface area contributed by atoms with Crippen molar-refractivity contribution in [1.29, 1.82) is 0 Å². The number of aliphatic hydroxyl groups excluding tert-OH is 1. The first-order valence-corrected chi connectivity index (χ1v) is 7.77. The zero-order valence-corrected chi connectivity index (χ0v) is 12.3. The van der Waals surface area contributed by atoms with E-state index in [2.05, 4.69) is 9.88 Å². The monoisotopic (exact) mass is 308 g/mol. The molecule has 1 N–H and O–H groups in total. The molecular formula is C15H17FN2O2S. The van der Waals surface area contributed by atoms with Gasteiger partial charge in [0.15, 0.2) is 0 Å². The highest BCUT2D eigenvalue weighted by atomic mass is 32.1. The first kappa shape index (κ1) is 14.6. The van der Waals surface area contributed by atoms with Gasteiger partial charge < -0.3 is 9.84 Å². The van der Waals surface area contributed by atoms with Crippen molar-refractivity contribution in [2.75, 3.05) is 26.2 Å². The second kappa shape index (κ2) is 6.62. The van der Waals surface area contributed by atoms with Gasteiger partial charge in [0.05, 0.1) is 12.7 Å². The maximum absolute atomic E-state index is 12.9. The third kappa shape index (κ3) is 3.65. The van der Waals surface area contributed by atoms with Crippen LogP contribution in [-0.4, -0.2) is 41.2 Å². The molecule has 6 heteroatoms. The molecule has 3 rings (SSSR count). The van der Waals surface area contributed by atoms with Crippen LogP contribution in [-0.2, 0) is 4.74 Å². The van der Waals surface area contributed by atoms with Gasteiger partial charge in [-0.3, -0.25) is 4.90 Å². The number of hydrogen-bond donors (Lipinski definition) is 1. The molecule has 1 aromatic heterocycles. The summed E-state index contributed by atoms with van der Waals surface area (Å²) in [5.41, 5.74) is 0.730. The van der Waals surface area contributed by atoms with Gasteiger partial charge in [0.25, 0.3) is 0 Å². The van der Waals surface area contributed by atoms with Gasteiger partial charge in [0, 0.05) is 31.2 Å². The van der Waals surface area contributed by atoms with E-state index in [1.54, 1.807) is 29.7 Å². The number of β-amino-alcohol motifs (C(OH)–C–C–N with tert-alkyl or cyclic N) is 1. The number of halogens is 1. The van der Waals surface area contributed by atoms with Crippen molar-refractivity contribution in [3.63, 3.8) is 0 Å². The fourth-order valence-electron chi connectivity index (χ4n) is 2.45. The van der Waals surface area contributed by atoms with E-state index in [4.69, 9.17) is 4.74 Å². The minimum absolute atomic E-state index is 0.0285. The van der Waals surface area contributed by atoms with Crippen molar-refractivity contribution in [3.8, 4) is 0 Å². The highest BCUT2D eigenvalue weighted by molar-refractivity contribution is 7.09. The summed E-state index contributed by atoms with van der Waals surface area (Å²) in [4.78, 5) is 6.44. The Balaban J connectivity index is 1.60. The van der Waals surface area contributed by atoms with Crippen LogP contribution < -0.4 is 0 Å². The van der Waals surface area contributed by atoms with E-state index in [0.717, 1.165) is 17.1 Å². The smallest absolute Gasteiger partial charge is 0.123 e. The largest absolute Gasteiger partial charge is 0.387 e. The van der Waals surface area contributed by atoms with E-state index in [0.29, 0.717) is 19.7 Å². The van der Waals surface area contributed by atoms with Crippen molar-refractivity contribution < 1.29 is 14.2 Å². The topological polar surface area (TPSA) is 45.6 Å². The molecule has 2 heterocycles. The molecule has 112 valence electrons. The average molecular weight is 308 g/mol. The van der Waals surface area contributed by atoms with Gasteiger partial charge in [-0.1, -0.05) is 12.1 Å². The van der Waals surface area contributed by atoms with Crippen LogP contribution in [0.1, 0.15) is 22.8 Å². The minimum atomic E-state index is -0.624. The standard InChI is InChI=1S/C15H17FN2O2S/c16-12-3-1-11(2-4-12)13(19)9-18-6-7-20-14(10-18)15-17-5-8-21-15/h1-5,8,13-14,19H,6-7,9-10H2/t13-,14-/m1/s1. The Morgan fingerprint density at radius 1 is 1.43 bits per heavy atom. The van der Waals surface area contributed by atoms with E-state index in [1.165, 1.54) is 12.1 Å². The lowest BCUT2D eigenvalue weighted by Crippen LogP contribution is -2.40. The Hall–Kier alpha value is -1.34. The highest BCUT2D eigenvalue weighted by Crippen LogP contribution is 2.25. The zero-order chi connectivity index (χ0) is 14.7.